The summed E-state index contributed by atoms with van der Waals surface area (Å²) in [4.78, 5) is 30.0. The van der Waals surface area contributed by atoms with Crippen molar-refractivity contribution in [1.29, 1.82) is 0 Å². The summed E-state index contributed by atoms with van der Waals surface area (Å²) in [6.45, 7) is 7.85. The number of ether oxygens (including phenoxy) is 2. The minimum Gasteiger partial charge on any atom is -0.507 e. The van der Waals surface area contributed by atoms with Crippen molar-refractivity contribution in [3.8, 4) is 5.75 Å². The fraction of sp³-hybridized carbons (Fsp3) is 0.308. The van der Waals surface area contributed by atoms with Crippen LogP contribution in [0.25, 0.3) is 5.76 Å². The number of benzene rings is 2. The van der Waals surface area contributed by atoms with Crippen LogP contribution in [0.1, 0.15) is 17.2 Å². The van der Waals surface area contributed by atoms with E-state index in [4.69, 9.17) is 9.47 Å². The summed E-state index contributed by atoms with van der Waals surface area (Å²) in [7, 11) is 0. The van der Waals surface area contributed by atoms with Gasteiger partial charge in [-0.1, -0.05) is 55.1 Å². The third-order valence-corrected chi connectivity index (χ3v) is 5.89. The van der Waals surface area contributed by atoms with Gasteiger partial charge >= 0.3 is 0 Å². The Balaban J connectivity index is 1.73. The number of nitrogens with zero attached hydrogens (tertiary/aromatic N) is 2. The molecule has 0 radical (unpaired) electrons. The van der Waals surface area contributed by atoms with Gasteiger partial charge in [0.15, 0.2) is 0 Å². The van der Waals surface area contributed by atoms with Crippen LogP contribution in [0.5, 0.6) is 5.75 Å². The summed E-state index contributed by atoms with van der Waals surface area (Å²) in [6.07, 6.45) is 1.65. The van der Waals surface area contributed by atoms with Gasteiger partial charge in [0.2, 0.25) is 0 Å². The zero-order chi connectivity index (χ0) is 23.2. The first-order valence-corrected chi connectivity index (χ1v) is 11.1. The van der Waals surface area contributed by atoms with Gasteiger partial charge in [-0.2, -0.15) is 0 Å². The van der Waals surface area contributed by atoms with Gasteiger partial charge in [-0.3, -0.25) is 14.5 Å². The van der Waals surface area contributed by atoms with Crippen LogP contribution in [0.2, 0.25) is 0 Å². The molecule has 0 aliphatic carbocycles. The van der Waals surface area contributed by atoms with Crippen LogP contribution in [-0.4, -0.2) is 72.6 Å². The van der Waals surface area contributed by atoms with E-state index in [9.17, 15) is 14.7 Å². The summed E-state index contributed by atoms with van der Waals surface area (Å²) in [5.41, 5.74) is 1.29. The lowest BCUT2D eigenvalue weighted by Gasteiger charge is -2.31. The molecule has 2 heterocycles. The fourth-order valence-corrected chi connectivity index (χ4v) is 4.21. The maximum absolute atomic E-state index is 13.1. The molecule has 7 heteroatoms. The second-order valence-electron chi connectivity index (χ2n) is 7.98. The van der Waals surface area contributed by atoms with Crippen LogP contribution in [0.15, 0.2) is 72.8 Å². The number of carbonyl (C=O) groups is 2. The van der Waals surface area contributed by atoms with Crippen molar-refractivity contribution in [1.82, 2.24) is 9.80 Å². The molecule has 2 aromatic rings. The molecule has 4 rings (SSSR count). The molecule has 0 bridgehead atoms. The average molecular weight is 449 g/mol. The largest absolute Gasteiger partial charge is 0.507 e. The number of Topliss-reactive ketones (excluding diaryl/α,β-unsaturated/α-hetero) is 1. The van der Waals surface area contributed by atoms with Gasteiger partial charge in [-0.25, -0.2) is 0 Å². The molecule has 2 saturated heterocycles. The Kier molecular flexibility index (Phi) is 7.22. The smallest absolute Gasteiger partial charge is 0.295 e. The fourth-order valence-electron chi connectivity index (χ4n) is 4.21. The molecular formula is C26H28N2O5. The molecule has 33 heavy (non-hydrogen) atoms. The summed E-state index contributed by atoms with van der Waals surface area (Å²) in [5, 5.41) is 11.1. The summed E-state index contributed by atoms with van der Waals surface area (Å²) >= 11 is 0. The van der Waals surface area contributed by atoms with E-state index in [-0.39, 0.29) is 11.3 Å². The standard InChI is InChI=1S/C26H28N2O5/c1-2-15-33-21-10-6-9-20(18-21)23-22(24(29)19-7-4-3-5-8-19)25(30)26(31)28(23)12-11-27-13-16-32-17-14-27/h2-10,18,23,29H,1,11-17H2/b24-22+/t23-/m1/s1. The summed E-state index contributed by atoms with van der Waals surface area (Å²) < 4.78 is 11.1. The van der Waals surface area contributed by atoms with Gasteiger partial charge in [0.25, 0.3) is 11.7 Å². The van der Waals surface area contributed by atoms with E-state index in [0.29, 0.717) is 49.8 Å². The molecular weight excluding hydrogens is 420 g/mol. The SMILES string of the molecule is C=CCOc1cccc([C@@H]2/C(=C(\O)c3ccccc3)C(=O)C(=O)N2CCN2CCOCC2)c1. The van der Waals surface area contributed by atoms with Crippen molar-refractivity contribution in [2.45, 2.75) is 6.04 Å². The number of hydrogen-bond acceptors (Lipinski definition) is 6. The Morgan fingerprint density at radius 1 is 1.09 bits per heavy atom. The van der Waals surface area contributed by atoms with Gasteiger partial charge in [-0.05, 0) is 17.7 Å². The zero-order valence-corrected chi connectivity index (χ0v) is 18.5. The molecule has 1 amide bonds. The first-order chi connectivity index (χ1) is 16.1. The molecule has 0 unspecified atom stereocenters. The number of likely N-dealkylation sites (tertiary alicyclic amines) is 1. The third-order valence-electron chi connectivity index (χ3n) is 5.89. The van der Waals surface area contributed by atoms with E-state index < -0.39 is 17.7 Å². The highest BCUT2D eigenvalue weighted by molar-refractivity contribution is 6.46. The van der Waals surface area contributed by atoms with E-state index in [1.54, 1.807) is 41.3 Å². The molecule has 2 aliphatic heterocycles. The van der Waals surface area contributed by atoms with E-state index in [0.717, 1.165) is 13.1 Å². The Morgan fingerprint density at radius 2 is 1.85 bits per heavy atom. The van der Waals surface area contributed by atoms with Crippen LogP contribution in [0.3, 0.4) is 0 Å². The highest BCUT2D eigenvalue weighted by Crippen LogP contribution is 2.40. The quantitative estimate of drug-likeness (QED) is 0.290. The lowest BCUT2D eigenvalue weighted by atomic mass is 9.95. The molecule has 1 N–H and O–H groups in total. The number of aliphatic hydroxyl groups excluding tert-OH is 1. The average Bonchev–Trinajstić information content (AvgIpc) is 3.12. The molecule has 1 atom stereocenters. The Bertz CT molecular complexity index is 1040. The van der Waals surface area contributed by atoms with Crippen LogP contribution < -0.4 is 4.74 Å². The second-order valence-corrected chi connectivity index (χ2v) is 7.98. The number of carbonyl (C=O) groups excluding carboxylic acids is 2. The monoisotopic (exact) mass is 448 g/mol. The maximum Gasteiger partial charge on any atom is 0.295 e. The number of amides is 1. The predicted octanol–water partition coefficient (Wildman–Crippen LogP) is 3.01. The number of aliphatic hydroxyl groups is 1. The molecule has 2 fully saturated rings. The number of ketones is 1. The summed E-state index contributed by atoms with van der Waals surface area (Å²) in [5.74, 6) is -0.861. The molecule has 7 nitrogen and oxygen atoms in total. The van der Waals surface area contributed by atoms with Crippen LogP contribution >= 0.6 is 0 Å². The van der Waals surface area contributed by atoms with E-state index >= 15 is 0 Å². The number of morpholine rings is 1. The van der Waals surface area contributed by atoms with Gasteiger partial charge in [-0.15, -0.1) is 0 Å². The van der Waals surface area contributed by atoms with Crippen LogP contribution in [-0.2, 0) is 14.3 Å². The maximum atomic E-state index is 13.1. The first-order valence-electron chi connectivity index (χ1n) is 11.1. The Labute approximate surface area is 193 Å². The molecule has 0 saturated carbocycles. The lowest BCUT2D eigenvalue weighted by molar-refractivity contribution is -0.140. The van der Waals surface area contributed by atoms with Crippen LogP contribution in [0.4, 0.5) is 0 Å². The third kappa shape index (κ3) is 4.99. The lowest BCUT2D eigenvalue weighted by Crippen LogP contribution is -2.42. The van der Waals surface area contributed by atoms with Crippen molar-refractivity contribution in [2.75, 3.05) is 46.0 Å². The van der Waals surface area contributed by atoms with E-state index in [1.165, 1.54) is 0 Å². The predicted molar refractivity (Wildman–Crippen MR) is 125 cm³/mol. The van der Waals surface area contributed by atoms with Crippen molar-refractivity contribution >= 4 is 17.4 Å². The zero-order valence-electron chi connectivity index (χ0n) is 18.5. The van der Waals surface area contributed by atoms with Crippen molar-refractivity contribution in [3.05, 3.63) is 84.0 Å². The summed E-state index contributed by atoms with van der Waals surface area (Å²) in [6, 6.07) is 15.4. The van der Waals surface area contributed by atoms with E-state index in [1.807, 2.05) is 24.3 Å². The number of rotatable bonds is 8. The van der Waals surface area contributed by atoms with E-state index in [2.05, 4.69) is 11.5 Å². The first kappa shape index (κ1) is 22.8. The second kappa shape index (κ2) is 10.5. The molecule has 0 spiro atoms. The van der Waals surface area contributed by atoms with Crippen molar-refractivity contribution < 1.29 is 24.2 Å². The molecule has 0 aromatic heterocycles. The number of hydrogen-bond donors (Lipinski definition) is 1. The highest BCUT2D eigenvalue weighted by Gasteiger charge is 2.46. The Morgan fingerprint density at radius 3 is 2.58 bits per heavy atom. The normalized spacial score (nSPS) is 20.7. The van der Waals surface area contributed by atoms with Gasteiger partial charge in [0.1, 0.15) is 18.1 Å². The molecule has 2 aromatic carbocycles. The minimum atomic E-state index is -0.710. The van der Waals surface area contributed by atoms with Crippen molar-refractivity contribution in [3.63, 3.8) is 0 Å². The molecule has 172 valence electrons. The topological polar surface area (TPSA) is 79.3 Å². The molecule has 2 aliphatic rings. The van der Waals surface area contributed by atoms with Gasteiger partial charge < -0.3 is 19.5 Å². The Hall–Kier alpha value is -3.42. The van der Waals surface area contributed by atoms with Gasteiger partial charge in [0, 0.05) is 31.7 Å². The van der Waals surface area contributed by atoms with Crippen molar-refractivity contribution in [2.24, 2.45) is 0 Å². The highest BCUT2D eigenvalue weighted by atomic mass is 16.5. The minimum absolute atomic E-state index is 0.0917. The van der Waals surface area contributed by atoms with Gasteiger partial charge in [0.05, 0.1) is 24.8 Å². The van der Waals surface area contributed by atoms with Crippen LogP contribution in [0, 0.1) is 0 Å².